The van der Waals surface area contributed by atoms with Crippen molar-refractivity contribution in [3.63, 3.8) is 0 Å². The number of benzene rings is 1. The van der Waals surface area contributed by atoms with E-state index in [4.69, 9.17) is 11.6 Å². The van der Waals surface area contributed by atoms with Crippen molar-refractivity contribution in [3.8, 4) is 17.6 Å². The molecule has 68 valence electrons. The molecule has 3 heteroatoms. The number of phenolic OH excluding ortho intramolecular Hbond substituents is 1. The van der Waals surface area contributed by atoms with Crippen molar-refractivity contribution in [1.29, 1.82) is 0 Å². The summed E-state index contributed by atoms with van der Waals surface area (Å²) in [6.45, 7) is 1.79. The molecule has 0 fully saturated rings. The van der Waals surface area contributed by atoms with Crippen molar-refractivity contribution < 1.29 is 5.11 Å². The van der Waals surface area contributed by atoms with E-state index in [0.717, 1.165) is 11.1 Å². The molecule has 0 atom stereocenters. The molecule has 13 heavy (non-hydrogen) atoms. The maximum absolute atomic E-state index is 9.37. The van der Waals surface area contributed by atoms with E-state index in [9.17, 15) is 5.11 Å². The average molecular weight is 260 g/mol. The maximum Gasteiger partial charge on any atom is 0.137 e. The maximum atomic E-state index is 9.37. The highest BCUT2D eigenvalue weighted by atomic mass is 79.9. The van der Waals surface area contributed by atoms with Gasteiger partial charge in [0.05, 0.1) is 10.4 Å². The third-order valence-electron chi connectivity index (χ3n) is 1.55. The fourth-order valence-corrected chi connectivity index (χ4v) is 1.35. The monoisotopic (exact) mass is 258 g/mol. The first-order valence-electron chi connectivity index (χ1n) is 3.69. The van der Waals surface area contributed by atoms with E-state index in [1.807, 2.05) is 0 Å². The summed E-state index contributed by atoms with van der Waals surface area (Å²) in [6.07, 6.45) is 0. The summed E-state index contributed by atoms with van der Waals surface area (Å²) in [6, 6.07) is 3.45. The van der Waals surface area contributed by atoms with E-state index in [1.165, 1.54) is 0 Å². The number of alkyl halides is 1. The molecular formula is C10H8BrClO. The quantitative estimate of drug-likeness (QED) is 0.561. The van der Waals surface area contributed by atoms with E-state index >= 15 is 0 Å². The Morgan fingerprint density at radius 1 is 1.54 bits per heavy atom. The zero-order valence-electron chi connectivity index (χ0n) is 7.06. The lowest BCUT2D eigenvalue weighted by Crippen LogP contribution is -1.81. The van der Waals surface area contributed by atoms with Crippen molar-refractivity contribution in [2.24, 2.45) is 0 Å². The Labute approximate surface area is 90.9 Å². The molecule has 0 bridgehead atoms. The first-order chi connectivity index (χ1) is 6.15. The van der Waals surface area contributed by atoms with Crippen molar-refractivity contribution >= 4 is 27.5 Å². The molecule has 1 rings (SSSR count). The Balaban J connectivity index is 3.13. The number of rotatable bonds is 0. The van der Waals surface area contributed by atoms with E-state index in [-0.39, 0.29) is 5.75 Å². The second kappa shape index (κ2) is 4.55. The molecule has 0 unspecified atom stereocenters. The minimum absolute atomic E-state index is 0.131. The fraction of sp³-hybridized carbons (Fsp3) is 0.200. The molecule has 1 aromatic rings. The topological polar surface area (TPSA) is 20.2 Å². The third kappa shape index (κ3) is 2.65. The SMILES string of the molecule is Cc1cc(C#CCBr)cc(Cl)c1O. The van der Waals surface area contributed by atoms with Crippen LogP contribution in [0.5, 0.6) is 5.75 Å². The number of hydrogen-bond donors (Lipinski definition) is 1. The molecule has 0 radical (unpaired) electrons. The van der Waals surface area contributed by atoms with Crippen LogP contribution in [0.3, 0.4) is 0 Å². The second-order valence-corrected chi connectivity index (χ2v) is 3.53. The van der Waals surface area contributed by atoms with Gasteiger partial charge in [-0.1, -0.05) is 39.4 Å². The van der Waals surface area contributed by atoms with Crippen LogP contribution < -0.4 is 0 Å². The van der Waals surface area contributed by atoms with Gasteiger partial charge in [-0.3, -0.25) is 0 Å². The van der Waals surface area contributed by atoms with Crippen LogP contribution in [-0.4, -0.2) is 10.4 Å². The van der Waals surface area contributed by atoms with Gasteiger partial charge in [-0.05, 0) is 24.6 Å². The predicted octanol–water partition coefficient (Wildman–Crippen LogP) is 3.10. The third-order valence-corrected chi connectivity index (χ3v) is 2.12. The van der Waals surface area contributed by atoms with Gasteiger partial charge in [-0.15, -0.1) is 0 Å². The van der Waals surface area contributed by atoms with Crippen molar-refractivity contribution in [3.05, 3.63) is 28.3 Å². The van der Waals surface area contributed by atoms with Gasteiger partial charge in [0.2, 0.25) is 0 Å². The van der Waals surface area contributed by atoms with Crippen LogP contribution in [0.15, 0.2) is 12.1 Å². The van der Waals surface area contributed by atoms with E-state index < -0.39 is 0 Å². The van der Waals surface area contributed by atoms with Crippen molar-refractivity contribution in [2.45, 2.75) is 6.92 Å². The predicted molar refractivity (Wildman–Crippen MR) is 58.5 cm³/mol. The molecule has 0 heterocycles. The lowest BCUT2D eigenvalue weighted by Gasteiger charge is -2.01. The number of phenols is 1. The summed E-state index contributed by atoms with van der Waals surface area (Å²) in [5, 5.41) is 10.3. The van der Waals surface area contributed by atoms with Crippen LogP contribution in [0.2, 0.25) is 5.02 Å². The number of aryl methyl sites for hydroxylation is 1. The molecule has 0 aliphatic rings. The summed E-state index contributed by atoms with van der Waals surface area (Å²) in [7, 11) is 0. The van der Waals surface area contributed by atoms with E-state index in [2.05, 4.69) is 27.8 Å². The summed E-state index contributed by atoms with van der Waals surface area (Å²) < 4.78 is 0. The Morgan fingerprint density at radius 3 is 2.77 bits per heavy atom. The van der Waals surface area contributed by atoms with Gasteiger partial charge in [0.1, 0.15) is 5.75 Å². The first-order valence-corrected chi connectivity index (χ1v) is 5.19. The highest BCUT2D eigenvalue weighted by Crippen LogP contribution is 2.27. The molecule has 0 saturated carbocycles. The van der Waals surface area contributed by atoms with Gasteiger partial charge < -0.3 is 5.11 Å². The van der Waals surface area contributed by atoms with Gasteiger partial charge in [0, 0.05) is 5.56 Å². The average Bonchev–Trinajstić information content (AvgIpc) is 2.10. The molecule has 0 amide bonds. The number of halogens is 2. The second-order valence-electron chi connectivity index (χ2n) is 2.56. The van der Waals surface area contributed by atoms with Gasteiger partial charge in [0.15, 0.2) is 0 Å². The van der Waals surface area contributed by atoms with Gasteiger partial charge in [-0.25, -0.2) is 0 Å². The summed E-state index contributed by atoms with van der Waals surface area (Å²) in [5.41, 5.74) is 1.56. The first kappa shape index (κ1) is 10.4. The number of aromatic hydroxyl groups is 1. The lowest BCUT2D eigenvalue weighted by atomic mass is 10.1. The molecular weight excluding hydrogens is 251 g/mol. The Hall–Kier alpha value is -0.650. The van der Waals surface area contributed by atoms with Gasteiger partial charge in [-0.2, -0.15) is 0 Å². The van der Waals surface area contributed by atoms with Crippen LogP contribution in [0.4, 0.5) is 0 Å². The van der Waals surface area contributed by atoms with Crippen molar-refractivity contribution in [1.82, 2.24) is 0 Å². The minimum atomic E-state index is 0.131. The highest BCUT2D eigenvalue weighted by molar-refractivity contribution is 9.09. The Bertz CT molecular complexity index is 353. The van der Waals surface area contributed by atoms with E-state index in [0.29, 0.717) is 10.4 Å². The zero-order chi connectivity index (χ0) is 9.84. The van der Waals surface area contributed by atoms with Crippen LogP contribution in [-0.2, 0) is 0 Å². The summed E-state index contributed by atoms with van der Waals surface area (Å²) in [4.78, 5) is 0. The van der Waals surface area contributed by atoms with Crippen molar-refractivity contribution in [2.75, 3.05) is 5.33 Å². The molecule has 0 saturated heterocycles. The summed E-state index contributed by atoms with van der Waals surface area (Å²) >= 11 is 8.97. The van der Waals surface area contributed by atoms with Crippen LogP contribution >= 0.6 is 27.5 Å². The molecule has 0 aliphatic heterocycles. The van der Waals surface area contributed by atoms with Gasteiger partial charge in [0.25, 0.3) is 0 Å². The molecule has 0 aromatic heterocycles. The minimum Gasteiger partial charge on any atom is -0.506 e. The Kier molecular flexibility index (Phi) is 3.65. The number of hydrogen-bond acceptors (Lipinski definition) is 1. The van der Waals surface area contributed by atoms with Crippen LogP contribution in [0.25, 0.3) is 0 Å². The Morgan fingerprint density at radius 2 is 2.23 bits per heavy atom. The molecule has 1 aromatic carbocycles. The molecule has 1 N–H and O–H groups in total. The molecule has 0 aliphatic carbocycles. The highest BCUT2D eigenvalue weighted by Gasteiger charge is 2.02. The van der Waals surface area contributed by atoms with Gasteiger partial charge >= 0.3 is 0 Å². The fourth-order valence-electron chi connectivity index (χ4n) is 0.944. The normalized spacial score (nSPS) is 9.15. The standard InChI is InChI=1S/C10H8BrClO/c1-7-5-8(3-2-4-11)6-9(12)10(7)13/h5-6,13H,4H2,1H3. The van der Waals surface area contributed by atoms with Crippen LogP contribution in [0.1, 0.15) is 11.1 Å². The smallest absolute Gasteiger partial charge is 0.137 e. The van der Waals surface area contributed by atoms with E-state index in [1.54, 1.807) is 19.1 Å². The molecule has 0 spiro atoms. The largest absolute Gasteiger partial charge is 0.506 e. The molecule has 1 nitrogen and oxygen atoms in total. The lowest BCUT2D eigenvalue weighted by molar-refractivity contribution is 0.471. The summed E-state index contributed by atoms with van der Waals surface area (Å²) in [5.74, 6) is 5.91. The zero-order valence-corrected chi connectivity index (χ0v) is 9.41. The van der Waals surface area contributed by atoms with Crippen LogP contribution in [0, 0.1) is 18.8 Å².